The fourth-order valence-electron chi connectivity index (χ4n) is 2.11. The highest BCUT2D eigenvalue weighted by atomic mass is 32.2. The standard InChI is InChI=1S/C13H20N2OS/c1-2-7-15-10-12(3-4-13(15)16)14-11-5-8-17-9-6-11/h3-4,10-11,14H,2,5-9H2,1H3. The van der Waals surface area contributed by atoms with Gasteiger partial charge >= 0.3 is 0 Å². The van der Waals surface area contributed by atoms with Crippen molar-refractivity contribution < 1.29 is 0 Å². The number of pyridine rings is 1. The van der Waals surface area contributed by atoms with Crippen molar-refractivity contribution in [1.82, 2.24) is 4.57 Å². The lowest BCUT2D eigenvalue weighted by Gasteiger charge is -2.23. The molecule has 0 aliphatic carbocycles. The summed E-state index contributed by atoms with van der Waals surface area (Å²) in [6, 6.07) is 4.13. The Morgan fingerprint density at radius 1 is 1.41 bits per heavy atom. The Morgan fingerprint density at radius 2 is 2.18 bits per heavy atom. The predicted molar refractivity (Wildman–Crippen MR) is 75.0 cm³/mol. The van der Waals surface area contributed by atoms with Crippen molar-refractivity contribution in [1.29, 1.82) is 0 Å². The molecule has 0 atom stereocenters. The monoisotopic (exact) mass is 252 g/mol. The summed E-state index contributed by atoms with van der Waals surface area (Å²) in [5, 5.41) is 3.53. The van der Waals surface area contributed by atoms with Crippen LogP contribution in [0.3, 0.4) is 0 Å². The van der Waals surface area contributed by atoms with Crippen LogP contribution in [0.2, 0.25) is 0 Å². The Bertz CT molecular complexity index is 410. The molecule has 1 aliphatic rings. The first-order chi connectivity index (χ1) is 8.29. The molecular formula is C13H20N2OS. The molecule has 4 heteroatoms. The number of hydrogen-bond acceptors (Lipinski definition) is 3. The predicted octanol–water partition coefficient (Wildman–Crippen LogP) is 2.57. The zero-order valence-corrected chi connectivity index (χ0v) is 11.1. The fraction of sp³-hybridized carbons (Fsp3) is 0.615. The van der Waals surface area contributed by atoms with Crippen LogP contribution in [0.4, 0.5) is 5.69 Å². The number of aryl methyl sites for hydroxylation is 1. The zero-order chi connectivity index (χ0) is 12.1. The molecule has 1 aromatic heterocycles. The van der Waals surface area contributed by atoms with Gasteiger partial charge < -0.3 is 9.88 Å². The van der Waals surface area contributed by atoms with Gasteiger partial charge in [0, 0.05) is 24.8 Å². The van der Waals surface area contributed by atoms with Gasteiger partial charge in [0.05, 0.1) is 5.69 Å². The van der Waals surface area contributed by atoms with Crippen LogP contribution in [0.5, 0.6) is 0 Å². The summed E-state index contributed by atoms with van der Waals surface area (Å²) in [4.78, 5) is 11.6. The largest absolute Gasteiger partial charge is 0.381 e. The molecule has 0 unspecified atom stereocenters. The average Bonchev–Trinajstić information content (AvgIpc) is 2.35. The van der Waals surface area contributed by atoms with Gasteiger partial charge in [0.15, 0.2) is 0 Å². The number of thioether (sulfide) groups is 1. The Balaban J connectivity index is 2.04. The van der Waals surface area contributed by atoms with E-state index in [-0.39, 0.29) is 5.56 Å². The summed E-state index contributed by atoms with van der Waals surface area (Å²) < 4.78 is 1.79. The van der Waals surface area contributed by atoms with Crippen LogP contribution in [0, 0.1) is 0 Å². The van der Waals surface area contributed by atoms with Crippen LogP contribution in [-0.4, -0.2) is 22.1 Å². The SMILES string of the molecule is CCCn1cc(NC2CCSCC2)ccc1=O. The molecule has 0 amide bonds. The second kappa shape index (κ2) is 6.15. The Kier molecular flexibility index (Phi) is 4.54. The van der Waals surface area contributed by atoms with E-state index in [4.69, 9.17) is 0 Å². The maximum atomic E-state index is 11.6. The first-order valence-corrected chi connectivity index (χ1v) is 7.50. The molecule has 0 bridgehead atoms. The van der Waals surface area contributed by atoms with Gasteiger partial charge in [-0.3, -0.25) is 4.79 Å². The lowest BCUT2D eigenvalue weighted by molar-refractivity contribution is 0.644. The molecule has 0 aromatic carbocycles. The number of anilines is 1. The molecule has 2 rings (SSSR count). The highest BCUT2D eigenvalue weighted by Gasteiger charge is 2.13. The van der Waals surface area contributed by atoms with Gasteiger partial charge in [0.1, 0.15) is 0 Å². The van der Waals surface area contributed by atoms with E-state index in [1.54, 1.807) is 10.6 Å². The fourth-order valence-corrected chi connectivity index (χ4v) is 3.22. The Hall–Kier alpha value is -0.900. The van der Waals surface area contributed by atoms with Crippen molar-refractivity contribution in [2.45, 2.75) is 38.8 Å². The summed E-state index contributed by atoms with van der Waals surface area (Å²) in [5.74, 6) is 2.48. The number of nitrogens with zero attached hydrogens (tertiary/aromatic N) is 1. The third kappa shape index (κ3) is 3.53. The van der Waals surface area contributed by atoms with Gasteiger partial charge in [-0.2, -0.15) is 11.8 Å². The smallest absolute Gasteiger partial charge is 0.250 e. The van der Waals surface area contributed by atoms with E-state index >= 15 is 0 Å². The molecule has 1 aromatic rings. The highest BCUT2D eigenvalue weighted by Crippen LogP contribution is 2.20. The quantitative estimate of drug-likeness (QED) is 0.894. The molecular weight excluding hydrogens is 232 g/mol. The lowest BCUT2D eigenvalue weighted by atomic mass is 10.1. The molecule has 17 heavy (non-hydrogen) atoms. The second-order valence-electron chi connectivity index (χ2n) is 4.48. The van der Waals surface area contributed by atoms with Crippen LogP contribution in [0.25, 0.3) is 0 Å². The minimum Gasteiger partial charge on any atom is -0.381 e. The maximum absolute atomic E-state index is 11.6. The van der Waals surface area contributed by atoms with E-state index in [1.165, 1.54) is 24.3 Å². The first-order valence-electron chi connectivity index (χ1n) is 6.34. The topological polar surface area (TPSA) is 34.0 Å². The number of aromatic nitrogens is 1. The summed E-state index contributed by atoms with van der Waals surface area (Å²) in [6.07, 6.45) is 5.38. The summed E-state index contributed by atoms with van der Waals surface area (Å²) in [5.41, 5.74) is 1.17. The van der Waals surface area contributed by atoms with Crippen LogP contribution in [0.1, 0.15) is 26.2 Å². The van der Waals surface area contributed by atoms with E-state index in [0.717, 1.165) is 18.7 Å². The minimum absolute atomic E-state index is 0.0941. The number of nitrogens with one attached hydrogen (secondary N) is 1. The zero-order valence-electron chi connectivity index (χ0n) is 10.3. The first kappa shape index (κ1) is 12.6. The average molecular weight is 252 g/mol. The Labute approximate surface area is 107 Å². The Morgan fingerprint density at radius 3 is 2.88 bits per heavy atom. The highest BCUT2D eigenvalue weighted by molar-refractivity contribution is 7.99. The van der Waals surface area contributed by atoms with Crippen LogP contribution < -0.4 is 10.9 Å². The molecule has 0 radical (unpaired) electrons. The molecule has 1 aliphatic heterocycles. The van der Waals surface area contributed by atoms with Crippen molar-refractivity contribution in [2.75, 3.05) is 16.8 Å². The third-order valence-corrected chi connectivity index (χ3v) is 4.09. The number of rotatable bonds is 4. The second-order valence-corrected chi connectivity index (χ2v) is 5.71. The van der Waals surface area contributed by atoms with Gasteiger partial charge in [-0.1, -0.05) is 6.92 Å². The van der Waals surface area contributed by atoms with Crippen LogP contribution in [0.15, 0.2) is 23.1 Å². The normalized spacial score (nSPS) is 17.0. The third-order valence-electron chi connectivity index (χ3n) is 3.04. The van der Waals surface area contributed by atoms with Gasteiger partial charge in [0.25, 0.3) is 5.56 Å². The van der Waals surface area contributed by atoms with E-state index < -0.39 is 0 Å². The van der Waals surface area contributed by atoms with E-state index in [0.29, 0.717) is 6.04 Å². The van der Waals surface area contributed by atoms with Crippen LogP contribution in [-0.2, 0) is 6.54 Å². The van der Waals surface area contributed by atoms with E-state index in [1.807, 2.05) is 24.0 Å². The molecule has 0 spiro atoms. The van der Waals surface area contributed by atoms with Crippen molar-refractivity contribution in [3.63, 3.8) is 0 Å². The van der Waals surface area contributed by atoms with Gasteiger partial charge in [0.2, 0.25) is 0 Å². The minimum atomic E-state index is 0.0941. The van der Waals surface area contributed by atoms with E-state index in [2.05, 4.69) is 12.2 Å². The molecule has 3 nitrogen and oxygen atoms in total. The van der Waals surface area contributed by atoms with Crippen molar-refractivity contribution >= 4 is 17.4 Å². The van der Waals surface area contributed by atoms with Gasteiger partial charge in [-0.25, -0.2) is 0 Å². The molecule has 0 saturated carbocycles. The van der Waals surface area contributed by atoms with Gasteiger partial charge in [-0.05, 0) is 36.8 Å². The molecule has 2 heterocycles. The van der Waals surface area contributed by atoms with Crippen molar-refractivity contribution in [3.05, 3.63) is 28.7 Å². The van der Waals surface area contributed by atoms with E-state index in [9.17, 15) is 4.79 Å². The summed E-state index contributed by atoms with van der Waals surface area (Å²) in [7, 11) is 0. The lowest BCUT2D eigenvalue weighted by Crippen LogP contribution is -2.26. The summed E-state index contributed by atoms with van der Waals surface area (Å²) in [6.45, 7) is 2.89. The molecule has 1 saturated heterocycles. The van der Waals surface area contributed by atoms with Gasteiger partial charge in [-0.15, -0.1) is 0 Å². The van der Waals surface area contributed by atoms with Crippen LogP contribution >= 0.6 is 11.8 Å². The number of hydrogen-bond donors (Lipinski definition) is 1. The summed E-state index contributed by atoms with van der Waals surface area (Å²) >= 11 is 2.03. The molecule has 1 N–H and O–H groups in total. The molecule has 1 fully saturated rings. The van der Waals surface area contributed by atoms with Crippen molar-refractivity contribution in [2.24, 2.45) is 0 Å². The van der Waals surface area contributed by atoms with Crippen molar-refractivity contribution in [3.8, 4) is 0 Å². The molecule has 94 valence electrons. The maximum Gasteiger partial charge on any atom is 0.250 e.